The van der Waals surface area contributed by atoms with Crippen LogP contribution in [0.4, 0.5) is 0 Å². The van der Waals surface area contributed by atoms with Gasteiger partial charge in [-0.15, -0.1) is 0 Å². The van der Waals surface area contributed by atoms with E-state index in [9.17, 15) is 4.79 Å². The van der Waals surface area contributed by atoms with Gasteiger partial charge in [0.25, 0.3) is 5.90 Å². The van der Waals surface area contributed by atoms with Crippen LogP contribution in [0.15, 0.2) is 0 Å². The van der Waals surface area contributed by atoms with Gasteiger partial charge >= 0.3 is 5.97 Å². The summed E-state index contributed by atoms with van der Waals surface area (Å²) >= 11 is 0. The van der Waals surface area contributed by atoms with Crippen molar-refractivity contribution < 1.29 is 14.3 Å². The van der Waals surface area contributed by atoms with E-state index in [0.29, 0.717) is 0 Å². The van der Waals surface area contributed by atoms with E-state index in [1.165, 1.54) is 7.11 Å². The number of hydrogen-bond acceptors (Lipinski definition) is 4. The quantitative estimate of drug-likeness (QED) is 0.313. The minimum atomic E-state index is -0.722. The Balaban J connectivity index is 3.60. The monoisotopic (exact) mass is 131 g/mol. The molecule has 0 amide bonds. The second kappa shape index (κ2) is 3.88. The van der Waals surface area contributed by atoms with E-state index in [0.717, 1.165) is 0 Å². The van der Waals surface area contributed by atoms with E-state index < -0.39 is 11.9 Å². The molecule has 0 fully saturated rings. The lowest BCUT2D eigenvalue weighted by molar-refractivity contribution is -0.136. The second-order valence-corrected chi connectivity index (χ2v) is 1.25. The first-order chi connectivity index (χ1) is 4.22. The molecular formula is C5H9NO3. The minimum Gasteiger partial charge on any atom is -0.476 e. The Morgan fingerprint density at radius 3 is 2.56 bits per heavy atom. The van der Waals surface area contributed by atoms with Crippen LogP contribution in [0.25, 0.3) is 0 Å². The molecule has 0 aromatic rings. The van der Waals surface area contributed by atoms with Crippen LogP contribution in [0.3, 0.4) is 0 Å². The van der Waals surface area contributed by atoms with Gasteiger partial charge < -0.3 is 9.47 Å². The summed E-state index contributed by atoms with van der Waals surface area (Å²) in [5.41, 5.74) is 0. The summed E-state index contributed by atoms with van der Waals surface area (Å²) in [6, 6.07) is 0. The van der Waals surface area contributed by atoms with Crippen LogP contribution in [-0.2, 0) is 14.3 Å². The Labute approximate surface area is 53.3 Å². The minimum absolute atomic E-state index is 0.268. The molecule has 0 saturated heterocycles. The molecule has 0 atom stereocenters. The van der Waals surface area contributed by atoms with Crippen molar-refractivity contribution in [2.24, 2.45) is 0 Å². The number of carbonyl (C=O) groups excluding carboxylic acids is 1. The summed E-state index contributed by atoms with van der Waals surface area (Å²) in [6.45, 7) is 1.94. The zero-order valence-electron chi connectivity index (χ0n) is 5.43. The Bertz CT molecular complexity index is 121. The lowest BCUT2D eigenvalue weighted by atomic mass is 10.6. The van der Waals surface area contributed by atoms with Crippen LogP contribution in [0.1, 0.15) is 6.92 Å². The molecule has 0 heterocycles. The molecule has 0 aliphatic carbocycles. The fraction of sp³-hybridized carbons (Fsp3) is 0.600. The molecule has 52 valence electrons. The van der Waals surface area contributed by atoms with Crippen LogP contribution >= 0.6 is 0 Å². The Kier molecular flexibility index (Phi) is 3.43. The van der Waals surface area contributed by atoms with E-state index in [1.54, 1.807) is 6.92 Å². The number of carbonyl (C=O) groups is 1. The van der Waals surface area contributed by atoms with Crippen molar-refractivity contribution in [1.82, 2.24) is 0 Å². The number of rotatable bonds is 1. The summed E-state index contributed by atoms with van der Waals surface area (Å²) in [7, 11) is 1.25. The molecule has 9 heavy (non-hydrogen) atoms. The van der Waals surface area contributed by atoms with Gasteiger partial charge in [-0.1, -0.05) is 0 Å². The first-order valence-corrected chi connectivity index (χ1v) is 2.52. The smallest absolute Gasteiger partial charge is 0.393 e. The Morgan fingerprint density at radius 1 is 1.67 bits per heavy atom. The normalized spacial score (nSPS) is 8.22. The van der Waals surface area contributed by atoms with Crippen molar-refractivity contribution in [3.63, 3.8) is 0 Å². The van der Waals surface area contributed by atoms with Crippen molar-refractivity contribution in [3.05, 3.63) is 0 Å². The lowest BCUT2D eigenvalue weighted by Gasteiger charge is -1.99. The van der Waals surface area contributed by atoms with Crippen molar-refractivity contribution in [2.45, 2.75) is 6.92 Å². The van der Waals surface area contributed by atoms with Gasteiger partial charge in [-0.2, -0.15) is 0 Å². The topological polar surface area (TPSA) is 59.4 Å². The third-order valence-corrected chi connectivity index (χ3v) is 0.665. The molecule has 0 aromatic heterocycles. The maximum absolute atomic E-state index is 10.4. The van der Waals surface area contributed by atoms with Crippen LogP contribution in [0.5, 0.6) is 0 Å². The summed E-state index contributed by atoms with van der Waals surface area (Å²) < 4.78 is 8.68. The molecule has 0 aromatic carbocycles. The van der Waals surface area contributed by atoms with Crippen LogP contribution in [-0.4, -0.2) is 25.6 Å². The van der Waals surface area contributed by atoms with E-state index in [2.05, 4.69) is 9.47 Å². The molecule has 4 heteroatoms. The predicted octanol–water partition coefficient (Wildman–Crippen LogP) is 0.173. The van der Waals surface area contributed by atoms with Crippen LogP contribution in [0.2, 0.25) is 0 Å². The molecule has 0 radical (unpaired) electrons. The highest BCUT2D eigenvalue weighted by Gasteiger charge is 2.08. The van der Waals surface area contributed by atoms with Gasteiger partial charge in [0.15, 0.2) is 0 Å². The summed E-state index contributed by atoms with van der Waals surface area (Å²) in [4.78, 5) is 10.4. The zero-order valence-corrected chi connectivity index (χ0v) is 5.43. The summed E-state index contributed by atoms with van der Waals surface area (Å²) in [6.07, 6.45) is 0. The molecule has 0 bridgehead atoms. The van der Waals surface area contributed by atoms with Crippen molar-refractivity contribution in [1.29, 1.82) is 5.41 Å². The summed E-state index contributed by atoms with van der Waals surface area (Å²) in [5.74, 6) is -1.18. The first kappa shape index (κ1) is 7.94. The van der Waals surface area contributed by atoms with Crippen LogP contribution < -0.4 is 0 Å². The molecule has 0 aliphatic heterocycles. The highest BCUT2D eigenvalue weighted by molar-refractivity contribution is 6.31. The van der Waals surface area contributed by atoms with Gasteiger partial charge in [0.1, 0.15) is 0 Å². The first-order valence-electron chi connectivity index (χ1n) is 2.52. The maximum atomic E-state index is 10.4. The van der Waals surface area contributed by atoms with E-state index >= 15 is 0 Å². The molecular weight excluding hydrogens is 122 g/mol. The van der Waals surface area contributed by atoms with Crippen molar-refractivity contribution >= 4 is 11.9 Å². The standard InChI is InChI=1S/C5H9NO3/c1-3-9-5(7)4(6)8-2/h6H,3H2,1-2H3. The zero-order chi connectivity index (χ0) is 7.28. The highest BCUT2D eigenvalue weighted by atomic mass is 16.6. The van der Waals surface area contributed by atoms with Gasteiger partial charge in [-0.25, -0.2) is 4.79 Å². The van der Waals surface area contributed by atoms with Gasteiger partial charge in [0.05, 0.1) is 13.7 Å². The number of nitrogens with one attached hydrogen (secondary N) is 1. The predicted molar refractivity (Wildman–Crippen MR) is 31.4 cm³/mol. The third-order valence-electron chi connectivity index (χ3n) is 0.665. The molecule has 0 rings (SSSR count). The van der Waals surface area contributed by atoms with E-state index in [-0.39, 0.29) is 6.61 Å². The summed E-state index contributed by atoms with van der Waals surface area (Å²) in [5, 5.41) is 6.75. The maximum Gasteiger partial charge on any atom is 0.393 e. The Hall–Kier alpha value is -1.06. The lowest BCUT2D eigenvalue weighted by Crippen LogP contribution is -2.17. The number of esters is 1. The van der Waals surface area contributed by atoms with Gasteiger partial charge in [-0.3, -0.25) is 5.41 Å². The highest BCUT2D eigenvalue weighted by Crippen LogP contribution is 1.80. The molecule has 0 unspecified atom stereocenters. The fourth-order valence-corrected chi connectivity index (χ4v) is 0.280. The van der Waals surface area contributed by atoms with Crippen molar-refractivity contribution in [3.8, 4) is 0 Å². The number of ether oxygens (including phenoxy) is 2. The molecule has 0 saturated carbocycles. The number of hydrogen-bond donors (Lipinski definition) is 1. The largest absolute Gasteiger partial charge is 0.476 e. The number of methoxy groups -OCH3 is 1. The fourth-order valence-electron chi connectivity index (χ4n) is 0.280. The average molecular weight is 131 g/mol. The third kappa shape index (κ3) is 2.69. The molecule has 0 aliphatic rings. The Morgan fingerprint density at radius 2 is 2.22 bits per heavy atom. The second-order valence-electron chi connectivity index (χ2n) is 1.25. The van der Waals surface area contributed by atoms with Crippen molar-refractivity contribution in [2.75, 3.05) is 13.7 Å². The molecule has 4 nitrogen and oxygen atoms in total. The van der Waals surface area contributed by atoms with E-state index in [4.69, 9.17) is 5.41 Å². The SMILES string of the molecule is CCOC(=O)C(=N)OC. The molecule has 1 N–H and O–H groups in total. The van der Waals surface area contributed by atoms with E-state index in [1.807, 2.05) is 0 Å². The van der Waals surface area contributed by atoms with Crippen LogP contribution in [0, 0.1) is 5.41 Å². The van der Waals surface area contributed by atoms with Gasteiger partial charge in [-0.05, 0) is 6.92 Å². The molecule has 0 spiro atoms. The van der Waals surface area contributed by atoms with Gasteiger partial charge in [0, 0.05) is 0 Å². The van der Waals surface area contributed by atoms with Gasteiger partial charge in [0.2, 0.25) is 0 Å². The average Bonchev–Trinajstić information content (AvgIpc) is 1.87.